The fourth-order valence-electron chi connectivity index (χ4n) is 1.55. The molecule has 15 heavy (non-hydrogen) atoms. The Morgan fingerprint density at radius 1 is 1.33 bits per heavy atom. The zero-order chi connectivity index (χ0) is 11.3. The van der Waals surface area contributed by atoms with Crippen LogP contribution in [-0.2, 0) is 11.3 Å². The van der Waals surface area contributed by atoms with Crippen LogP contribution >= 0.6 is 0 Å². The van der Waals surface area contributed by atoms with E-state index in [9.17, 15) is 0 Å². The number of benzene rings is 1. The first-order valence-corrected chi connectivity index (χ1v) is 5.08. The van der Waals surface area contributed by atoms with Gasteiger partial charge in [-0.15, -0.1) is 0 Å². The van der Waals surface area contributed by atoms with Gasteiger partial charge in [-0.2, -0.15) is 0 Å². The molecule has 84 valence electrons. The Morgan fingerprint density at radius 2 is 2.07 bits per heavy atom. The van der Waals surface area contributed by atoms with Crippen molar-refractivity contribution in [1.82, 2.24) is 0 Å². The van der Waals surface area contributed by atoms with E-state index in [0.717, 1.165) is 16.9 Å². The summed E-state index contributed by atoms with van der Waals surface area (Å²) in [6.45, 7) is 3.33. The molecule has 0 amide bonds. The van der Waals surface area contributed by atoms with Gasteiger partial charge >= 0.3 is 0 Å². The Bertz CT molecular complexity index is 312. The van der Waals surface area contributed by atoms with E-state index in [1.807, 2.05) is 12.1 Å². The third-order valence-corrected chi connectivity index (χ3v) is 2.49. The van der Waals surface area contributed by atoms with Gasteiger partial charge in [-0.3, -0.25) is 0 Å². The summed E-state index contributed by atoms with van der Waals surface area (Å²) < 4.78 is 10.4. The summed E-state index contributed by atoms with van der Waals surface area (Å²) in [5.74, 6) is 1.20. The molecular formula is C12H19NO2. The molecule has 1 aromatic carbocycles. The minimum Gasteiger partial charge on any atom is -0.496 e. The molecule has 0 aliphatic heterocycles. The first-order chi connectivity index (χ1) is 7.22. The van der Waals surface area contributed by atoms with Gasteiger partial charge in [0.2, 0.25) is 0 Å². The second kappa shape index (κ2) is 5.73. The van der Waals surface area contributed by atoms with Gasteiger partial charge in [-0.25, -0.2) is 0 Å². The van der Waals surface area contributed by atoms with Crippen molar-refractivity contribution in [1.29, 1.82) is 0 Å². The maximum atomic E-state index is 5.66. The average Bonchev–Trinajstić information content (AvgIpc) is 2.28. The van der Waals surface area contributed by atoms with Gasteiger partial charge < -0.3 is 15.2 Å². The molecule has 0 aromatic heterocycles. The van der Waals surface area contributed by atoms with Crippen LogP contribution in [0, 0.1) is 0 Å². The predicted molar refractivity (Wildman–Crippen MR) is 61.2 cm³/mol. The largest absolute Gasteiger partial charge is 0.496 e. The molecule has 0 spiro atoms. The van der Waals surface area contributed by atoms with Gasteiger partial charge in [0.25, 0.3) is 0 Å². The molecule has 1 unspecified atom stereocenters. The molecule has 0 saturated heterocycles. The smallest absolute Gasteiger partial charge is 0.122 e. The van der Waals surface area contributed by atoms with Crippen LogP contribution in [0.1, 0.15) is 24.0 Å². The molecule has 0 aliphatic carbocycles. The van der Waals surface area contributed by atoms with Crippen molar-refractivity contribution in [3.63, 3.8) is 0 Å². The Labute approximate surface area is 91.2 Å². The van der Waals surface area contributed by atoms with Crippen molar-refractivity contribution in [2.45, 2.75) is 19.4 Å². The van der Waals surface area contributed by atoms with E-state index >= 15 is 0 Å². The first-order valence-electron chi connectivity index (χ1n) is 5.08. The van der Waals surface area contributed by atoms with Gasteiger partial charge in [0.05, 0.1) is 13.7 Å². The molecule has 0 saturated carbocycles. The SMILES string of the molecule is COCc1ccc(OC)c(C(C)CN)c1. The molecular weight excluding hydrogens is 190 g/mol. The van der Waals surface area contributed by atoms with Crippen LogP contribution in [0.4, 0.5) is 0 Å². The second-order valence-electron chi connectivity index (χ2n) is 3.65. The van der Waals surface area contributed by atoms with Crippen molar-refractivity contribution in [2.24, 2.45) is 5.73 Å². The minimum absolute atomic E-state index is 0.303. The van der Waals surface area contributed by atoms with Crippen molar-refractivity contribution in [3.8, 4) is 5.75 Å². The van der Waals surface area contributed by atoms with Crippen LogP contribution in [0.3, 0.4) is 0 Å². The molecule has 3 heteroatoms. The molecule has 0 radical (unpaired) electrons. The normalized spacial score (nSPS) is 12.5. The zero-order valence-electron chi connectivity index (χ0n) is 9.62. The molecule has 2 N–H and O–H groups in total. The van der Waals surface area contributed by atoms with E-state index in [4.69, 9.17) is 15.2 Å². The average molecular weight is 209 g/mol. The summed E-state index contributed by atoms with van der Waals surface area (Å²) in [6, 6.07) is 6.07. The molecule has 3 nitrogen and oxygen atoms in total. The number of methoxy groups -OCH3 is 2. The van der Waals surface area contributed by atoms with Gasteiger partial charge in [-0.05, 0) is 35.7 Å². The Morgan fingerprint density at radius 3 is 2.60 bits per heavy atom. The van der Waals surface area contributed by atoms with Crippen molar-refractivity contribution in [2.75, 3.05) is 20.8 Å². The number of rotatable bonds is 5. The number of hydrogen-bond donors (Lipinski definition) is 1. The third kappa shape index (κ3) is 2.94. The highest BCUT2D eigenvalue weighted by Crippen LogP contribution is 2.27. The van der Waals surface area contributed by atoms with Crippen LogP contribution in [0.5, 0.6) is 5.75 Å². The monoisotopic (exact) mass is 209 g/mol. The van der Waals surface area contributed by atoms with Gasteiger partial charge in [0.1, 0.15) is 5.75 Å². The first kappa shape index (κ1) is 12.0. The predicted octanol–water partition coefficient (Wildman–Crippen LogP) is 1.90. The molecule has 0 aliphatic rings. The van der Waals surface area contributed by atoms with Gasteiger partial charge in [-0.1, -0.05) is 13.0 Å². The Balaban J connectivity index is 3.01. The summed E-state index contributed by atoms with van der Waals surface area (Å²) in [4.78, 5) is 0. The lowest BCUT2D eigenvalue weighted by molar-refractivity contribution is 0.184. The molecule has 1 aromatic rings. The van der Waals surface area contributed by atoms with Crippen LogP contribution in [0.25, 0.3) is 0 Å². The lowest BCUT2D eigenvalue weighted by atomic mass is 9.98. The fraction of sp³-hybridized carbons (Fsp3) is 0.500. The highest BCUT2D eigenvalue weighted by molar-refractivity contribution is 5.39. The van der Waals surface area contributed by atoms with E-state index in [1.54, 1.807) is 14.2 Å². The maximum absolute atomic E-state index is 5.66. The molecule has 0 heterocycles. The summed E-state index contributed by atoms with van der Waals surface area (Å²) >= 11 is 0. The summed E-state index contributed by atoms with van der Waals surface area (Å²) in [5.41, 5.74) is 7.96. The van der Waals surface area contributed by atoms with E-state index in [1.165, 1.54) is 0 Å². The molecule has 1 atom stereocenters. The quantitative estimate of drug-likeness (QED) is 0.805. The van der Waals surface area contributed by atoms with Crippen molar-refractivity contribution < 1.29 is 9.47 Å². The van der Waals surface area contributed by atoms with Gasteiger partial charge in [0.15, 0.2) is 0 Å². The summed E-state index contributed by atoms with van der Waals surface area (Å²) in [5, 5.41) is 0. The van der Waals surface area contributed by atoms with Gasteiger partial charge in [0, 0.05) is 7.11 Å². The standard InChI is InChI=1S/C12H19NO2/c1-9(7-13)11-6-10(8-14-2)4-5-12(11)15-3/h4-6,9H,7-8,13H2,1-3H3. The van der Waals surface area contributed by atoms with Crippen LogP contribution in [0.15, 0.2) is 18.2 Å². The lowest BCUT2D eigenvalue weighted by Crippen LogP contribution is -2.10. The molecule has 0 fully saturated rings. The van der Waals surface area contributed by atoms with Crippen LogP contribution < -0.4 is 10.5 Å². The summed E-state index contributed by atoms with van der Waals surface area (Å²) in [6.07, 6.45) is 0. The van der Waals surface area contributed by atoms with Crippen LogP contribution in [0.2, 0.25) is 0 Å². The highest BCUT2D eigenvalue weighted by Gasteiger charge is 2.10. The highest BCUT2D eigenvalue weighted by atomic mass is 16.5. The second-order valence-corrected chi connectivity index (χ2v) is 3.65. The number of ether oxygens (including phenoxy) is 2. The van der Waals surface area contributed by atoms with E-state index in [-0.39, 0.29) is 0 Å². The fourth-order valence-corrected chi connectivity index (χ4v) is 1.55. The maximum Gasteiger partial charge on any atom is 0.122 e. The minimum atomic E-state index is 0.303. The zero-order valence-corrected chi connectivity index (χ0v) is 9.62. The number of hydrogen-bond acceptors (Lipinski definition) is 3. The van der Waals surface area contributed by atoms with E-state index in [2.05, 4.69) is 13.0 Å². The lowest BCUT2D eigenvalue weighted by Gasteiger charge is -2.15. The molecule has 1 rings (SSSR count). The summed E-state index contributed by atoms with van der Waals surface area (Å²) in [7, 11) is 3.37. The number of nitrogens with two attached hydrogens (primary N) is 1. The van der Waals surface area contributed by atoms with E-state index in [0.29, 0.717) is 19.1 Å². The van der Waals surface area contributed by atoms with Crippen LogP contribution in [-0.4, -0.2) is 20.8 Å². The Kier molecular flexibility index (Phi) is 4.59. The molecule has 0 bridgehead atoms. The van der Waals surface area contributed by atoms with Crippen molar-refractivity contribution in [3.05, 3.63) is 29.3 Å². The van der Waals surface area contributed by atoms with Crippen molar-refractivity contribution >= 4 is 0 Å². The van der Waals surface area contributed by atoms with E-state index < -0.39 is 0 Å². The Hall–Kier alpha value is -1.06. The topological polar surface area (TPSA) is 44.5 Å². The third-order valence-electron chi connectivity index (χ3n) is 2.49.